The molecule has 0 aliphatic carbocycles. The predicted octanol–water partition coefficient (Wildman–Crippen LogP) is -0.604. The van der Waals surface area contributed by atoms with Gasteiger partial charge < -0.3 is 15.6 Å². The van der Waals surface area contributed by atoms with Crippen LogP contribution in [0.25, 0.3) is 0 Å². The second-order valence-electron chi connectivity index (χ2n) is 3.87. The lowest BCUT2D eigenvalue weighted by Gasteiger charge is -2.10. The highest BCUT2D eigenvalue weighted by molar-refractivity contribution is 7.89. The molecule has 8 nitrogen and oxygen atoms in total. The Hall–Kier alpha value is -1.61. The summed E-state index contributed by atoms with van der Waals surface area (Å²) in [4.78, 5) is 17.3. The molecule has 0 atom stereocenters. The number of carbonyl (C=O) groups excluding carboxylic acids is 1. The van der Waals surface area contributed by atoms with Crippen LogP contribution >= 0.6 is 0 Å². The number of carbonyl (C=O) groups is 1. The van der Waals surface area contributed by atoms with Crippen molar-refractivity contribution in [2.45, 2.75) is 24.9 Å². The van der Waals surface area contributed by atoms with E-state index in [0.29, 0.717) is 0 Å². The summed E-state index contributed by atoms with van der Waals surface area (Å²) in [6, 6.07) is -0.294. The molecule has 0 saturated heterocycles. The number of sulfonamides is 1. The quantitative estimate of drug-likeness (QED) is 0.518. The molecular formula is C9H17N5O3S. The highest BCUT2D eigenvalue weighted by atomic mass is 32.2. The molecule has 0 bridgehead atoms. The summed E-state index contributed by atoms with van der Waals surface area (Å²) in [5.74, 6) is 0. The lowest BCUT2D eigenvalue weighted by molar-refractivity contribution is 0.238. The molecule has 1 heterocycles. The summed E-state index contributed by atoms with van der Waals surface area (Å²) in [6.07, 6.45) is 2.49. The maximum atomic E-state index is 11.6. The van der Waals surface area contributed by atoms with E-state index in [1.807, 2.05) is 13.8 Å². The van der Waals surface area contributed by atoms with Crippen LogP contribution in [0, 0.1) is 0 Å². The van der Waals surface area contributed by atoms with Crippen LogP contribution in [0.2, 0.25) is 0 Å². The Labute approximate surface area is 106 Å². The van der Waals surface area contributed by atoms with Crippen molar-refractivity contribution >= 4 is 16.1 Å². The summed E-state index contributed by atoms with van der Waals surface area (Å²) in [5, 5.41) is 5.15. The van der Waals surface area contributed by atoms with Crippen LogP contribution in [-0.4, -0.2) is 43.5 Å². The van der Waals surface area contributed by atoms with Crippen LogP contribution in [0.4, 0.5) is 4.79 Å². The molecule has 1 rings (SSSR count). The first-order valence-electron chi connectivity index (χ1n) is 5.44. The summed E-state index contributed by atoms with van der Waals surface area (Å²) in [6.45, 7) is 3.97. The average Bonchev–Trinajstić information content (AvgIpc) is 2.77. The van der Waals surface area contributed by atoms with Gasteiger partial charge in [-0.2, -0.15) is 0 Å². The van der Waals surface area contributed by atoms with Crippen molar-refractivity contribution in [3.05, 3.63) is 12.5 Å². The lowest BCUT2D eigenvalue weighted by atomic mass is 10.4. The Kier molecular flexibility index (Phi) is 5.10. The molecule has 0 fully saturated rings. The Morgan fingerprint density at radius 3 is 2.72 bits per heavy atom. The van der Waals surface area contributed by atoms with Crippen LogP contribution in [0.5, 0.6) is 0 Å². The predicted molar refractivity (Wildman–Crippen MR) is 65.4 cm³/mol. The minimum atomic E-state index is -3.58. The van der Waals surface area contributed by atoms with E-state index < -0.39 is 10.0 Å². The molecule has 0 aliphatic rings. The first kappa shape index (κ1) is 14.5. The van der Waals surface area contributed by atoms with Crippen molar-refractivity contribution in [1.82, 2.24) is 25.3 Å². The summed E-state index contributed by atoms with van der Waals surface area (Å²) in [5.41, 5.74) is 0. The maximum Gasteiger partial charge on any atom is 0.315 e. The number of H-pyrrole nitrogens is 1. The molecule has 1 aromatic heterocycles. The number of nitrogens with one attached hydrogen (secondary N) is 4. The normalized spacial score (nSPS) is 11.5. The summed E-state index contributed by atoms with van der Waals surface area (Å²) in [7, 11) is -3.58. The van der Waals surface area contributed by atoms with E-state index in [-0.39, 0.29) is 30.2 Å². The maximum absolute atomic E-state index is 11.6. The molecule has 18 heavy (non-hydrogen) atoms. The fourth-order valence-electron chi connectivity index (χ4n) is 1.14. The Bertz CT molecular complexity index is 468. The highest BCUT2D eigenvalue weighted by Crippen LogP contribution is 2.00. The van der Waals surface area contributed by atoms with Crippen LogP contribution in [-0.2, 0) is 10.0 Å². The van der Waals surface area contributed by atoms with Crippen molar-refractivity contribution in [1.29, 1.82) is 0 Å². The van der Waals surface area contributed by atoms with Gasteiger partial charge in [0, 0.05) is 19.1 Å². The van der Waals surface area contributed by atoms with E-state index in [4.69, 9.17) is 0 Å². The molecule has 4 N–H and O–H groups in total. The van der Waals surface area contributed by atoms with E-state index in [1.54, 1.807) is 0 Å². The smallest absolute Gasteiger partial charge is 0.315 e. The van der Waals surface area contributed by atoms with Crippen LogP contribution in [0.3, 0.4) is 0 Å². The van der Waals surface area contributed by atoms with E-state index >= 15 is 0 Å². The number of amides is 2. The third-order valence-corrected chi connectivity index (χ3v) is 3.27. The summed E-state index contributed by atoms with van der Waals surface area (Å²) >= 11 is 0. The third kappa shape index (κ3) is 4.72. The van der Waals surface area contributed by atoms with Gasteiger partial charge in [0.2, 0.25) is 0 Å². The van der Waals surface area contributed by atoms with Gasteiger partial charge in [-0.1, -0.05) is 0 Å². The molecule has 9 heteroatoms. The second-order valence-corrected chi connectivity index (χ2v) is 5.60. The van der Waals surface area contributed by atoms with Gasteiger partial charge in [0.15, 0.2) is 5.03 Å². The fourth-order valence-corrected chi connectivity index (χ4v) is 2.08. The largest absolute Gasteiger partial charge is 0.337 e. The van der Waals surface area contributed by atoms with Crippen molar-refractivity contribution in [3.8, 4) is 0 Å². The molecule has 0 aromatic carbocycles. The van der Waals surface area contributed by atoms with E-state index in [1.165, 1.54) is 12.5 Å². The van der Waals surface area contributed by atoms with Crippen molar-refractivity contribution < 1.29 is 13.2 Å². The van der Waals surface area contributed by atoms with Crippen molar-refractivity contribution in [3.63, 3.8) is 0 Å². The topological polar surface area (TPSA) is 116 Å². The molecule has 0 aliphatic heterocycles. The monoisotopic (exact) mass is 275 g/mol. The standard InChI is InChI=1S/C9H17N5O3S/c1-7(2)14-9(15)11-3-4-13-18(16,17)8-5-10-6-12-8/h5-7,13H,3-4H2,1-2H3,(H,10,12)(H2,11,14,15). The van der Waals surface area contributed by atoms with Crippen molar-refractivity contribution in [2.75, 3.05) is 13.1 Å². The number of imidazole rings is 1. The van der Waals surface area contributed by atoms with Crippen LogP contribution < -0.4 is 15.4 Å². The van der Waals surface area contributed by atoms with Gasteiger partial charge >= 0.3 is 6.03 Å². The number of nitrogens with zero attached hydrogens (tertiary/aromatic N) is 1. The lowest BCUT2D eigenvalue weighted by Crippen LogP contribution is -2.42. The number of aromatic nitrogens is 2. The van der Waals surface area contributed by atoms with Gasteiger partial charge in [-0.25, -0.2) is 22.9 Å². The SMILES string of the molecule is CC(C)NC(=O)NCCNS(=O)(=O)c1cnc[nH]1. The number of rotatable bonds is 6. The van der Waals surface area contributed by atoms with Gasteiger partial charge in [0.25, 0.3) is 10.0 Å². The second kappa shape index (κ2) is 6.36. The molecule has 0 unspecified atom stereocenters. The molecule has 0 saturated carbocycles. The molecule has 0 spiro atoms. The number of hydrogen-bond acceptors (Lipinski definition) is 4. The molecule has 2 amide bonds. The van der Waals surface area contributed by atoms with E-state index in [0.717, 1.165) is 0 Å². The zero-order chi connectivity index (χ0) is 13.6. The molecule has 102 valence electrons. The summed E-state index contributed by atoms with van der Waals surface area (Å²) < 4.78 is 25.5. The minimum absolute atomic E-state index is 0.00543. The zero-order valence-corrected chi connectivity index (χ0v) is 11.0. The Morgan fingerprint density at radius 1 is 1.44 bits per heavy atom. The van der Waals surface area contributed by atoms with Gasteiger partial charge in [-0.15, -0.1) is 0 Å². The fraction of sp³-hybridized carbons (Fsp3) is 0.556. The number of aromatic amines is 1. The van der Waals surface area contributed by atoms with Crippen LogP contribution in [0.15, 0.2) is 17.6 Å². The van der Waals surface area contributed by atoms with E-state index in [9.17, 15) is 13.2 Å². The van der Waals surface area contributed by atoms with Crippen LogP contribution in [0.1, 0.15) is 13.8 Å². The Balaban J connectivity index is 2.28. The van der Waals surface area contributed by atoms with Gasteiger partial charge in [-0.3, -0.25) is 0 Å². The third-order valence-electron chi connectivity index (χ3n) is 1.89. The number of hydrogen-bond donors (Lipinski definition) is 4. The average molecular weight is 275 g/mol. The minimum Gasteiger partial charge on any atom is -0.337 e. The zero-order valence-electron chi connectivity index (χ0n) is 10.2. The molecule has 0 radical (unpaired) electrons. The molecular weight excluding hydrogens is 258 g/mol. The first-order valence-corrected chi connectivity index (χ1v) is 6.92. The van der Waals surface area contributed by atoms with Gasteiger partial charge in [0.1, 0.15) is 0 Å². The number of urea groups is 1. The van der Waals surface area contributed by atoms with Gasteiger partial charge in [0.05, 0.1) is 12.5 Å². The van der Waals surface area contributed by atoms with Gasteiger partial charge in [-0.05, 0) is 13.8 Å². The Morgan fingerprint density at radius 2 is 2.17 bits per heavy atom. The molecule has 1 aromatic rings. The van der Waals surface area contributed by atoms with Crippen molar-refractivity contribution in [2.24, 2.45) is 0 Å². The van der Waals surface area contributed by atoms with E-state index in [2.05, 4.69) is 25.3 Å². The highest BCUT2D eigenvalue weighted by Gasteiger charge is 2.14. The first-order chi connectivity index (χ1) is 8.42.